The van der Waals surface area contributed by atoms with Crippen LogP contribution in [0.25, 0.3) is 0 Å². The first-order valence-electron chi connectivity index (χ1n) is 6.74. The highest BCUT2D eigenvalue weighted by molar-refractivity contribution is 5.22. The second-order valence-corrected chi connectivity index (χ2v) is 4.96. The van der Waals surface area contributed by atoms with Crippen LogP contribution in [0, 0.1) is 5.82 Å². The lowest BCUT2D eigenvalue weighted by molar-refractivity contribution is 0.143. The summed E-state index contributed by atoms with van der Waals surface area (Å²) in [5.74, 6) is -0.169. The van der Waals surface area contributed by atoms with Crippen LogP contribution in [0.3, 0.4) is 0 Å². The summed E-state index contributed by atoms with van der Waals surface area (Å²) in [5, 5.41) is 0. The van der Waals surface area contributed by atoms with E-state index >= 15 is 0 Å². The molecule has 0 saturated carbocycles. The Labute approximate surface area is 110 Å². The summed E-state index contributed by atoms with van der Waals surface area (Å²) < 4.78 is 13.9. The summed E-state index contributed by atoms with van der Waals surface area (Å²) in [5.41, 5.74) is 6.77. The zero-order valence-corrected chi connectivity index (χ0v) is 11.9. The molecule has 0 radical (unpaired) electrons. The van der Waals surface area contributed by atoms with Gasteiger partial charge in [-0.15, -0.1) is 0 Å². The summed E-state index contributed by atoms with van der Waals surface area (Å²) in [6.07, 6.45) is 2.09. The number of nitrogens with zero attached hydrogens (tertiary/aromatic N) is 1. The monoisotopic (exact) mass is 252 g/mol. The van der Waals surface area contributed by atoms with Gasteiger partial charge >= 0.3 is 0 Å². The van der Waals surface area contributed by atoms with Gasteiger partial charge in [0.15, 0.2) is 0 Å². The van der Waals surface area contributed by atoms with Gasteiger partial charge < -0.3 is 5.73 Å². The van der Waals surface area contributed by atoms with Crippen molar-refractivity contribution in [1.29, 1.82) is 0 Å². The van der Waals surface area contributed by atoms with Gasteiger partial charge in [-0.1, -0.05) is 32.0 Å². The van der Waals surface area contributed by atoms with Crippen LogP contribution in [0.5, 0.6) is 0 Å². The molecule has 0 heterocycles. The standard InChI is InChI=1S/C15H25FN2/c1-5-12(6-2)18(4)15(11(3)17)13-9-7-8-10-14(13)16/h7-12,15H,5-6,17H2,1-4H3. The highest BCUT2D eigenvalue weighted by atomic mass is 19.1. The van der Waals surface area contributed by atoms with Crippen LogP contribution in [0.15, 0.2) is 24.3 Å². The largest absolute Gasteiger partial charge is 0.326 e. The van der Waals surface area contributed by atoms with E-state index in [0.29, 0.717) is 11.6 Å². The smallest absolute Gasteiger partial charge is 0.128 e. The molecule has 102 valence electrons. The molecule has 0 fully saturated rings. The molecule has 0 saturated heterocycles. The van der Waals surface area contributed by atoms with E-state index in [4.69, 9.17) is 5.73 Å². The van der Waals surface area contributed by atoms with Gasteiger partial charge in [0.25, 0.3) is 0 Å². The topological polar surface area (TPSA) is 29.3 Å². The molecule has 0 aliphatic heterocycles. The van der Waals surface area contributed by atoms with Crippen molar-refractivity contribution in [1.82, 2.24) is 4.90 Å². The molecule has 0 bridgehead atoms. The summed E-state index contributed by atoms with van der Waals surface area (Å²) in [7, 11) is 2.04. The van der Waals surface area contributed by atoms with Crippen LogP contribution in [-0.4, -0.2) is 24.0 Å². The van der Waals surface area contributed by atoms with Gasteiger partial charge in [-0.25, -0.2) is 4.39 Å². The van der Waals surface area contributed by atoms with Crippen LogP contribution in [-0.2, 0) is 0 Å². The maximum Gasteiger partial charge on any atom is 0.128 e. The first kappa shape index (κ1) is 15.1. The van der Waals surface area contributed by atoms with Gasteiger partial charge in [0, 0.05) is 17.6 Å². The molecule has 1 aromatic rings. The molecule has 1 aromatic carbocycles. The zero-order valence-electron chi connectivity index (χ0n) is 11.9. The minimum atomic E-state index is -0.169. The quantitative estimate of drug-likeness (QED) is 0.841. The van der Waals surface area contributed by atoms with Gasteiger partial charge in [0.1, 0.15) is 5.82 Å². The predicted octanol–water partition coefficient (Wildman–Crippen LogP) is 3.33. The lowest BCUT2D eigenvalue weighted by Crippen LogP contribution is -2.42. The molecule has 0 aromatic heterocycles. The summed E-state index contributed by atoms with van der Waals surface area (Å²) in [6, 6.07) is 7.18. The Morgan fingerprint density at radius 2 is 1.78 bits per heavy atom. The fraction of sp³-hybridized carbons (Fsp3) is 0.600. The van der Waals surface area contributed by atoms with Crippen LogP contribution >= 0.6 is 0 Å². The lowest BCUT2D eigenvalue weighted by atomic mass is 9.96. The van der Waals surface area contributed by atoms with Gasteiger partial charge in [-0.2, -0.15) is 0 Å². The molecule has 18 heavy (non-hydrogen) atoms. The van der Waals surface area contributed by atoms with Crippen molar-refractivity contribution < 1.29 is 4.39 Å². The fourth-order valence-corrected chi connectivity index (χ4v) is 2.68. The number of nitrogens with two attached hydrogens (primary N) is 1. The van der Waals surface area contributed by atoms with Crippen LogP contribution in [0.2, 0.25) is 0 Å². The average molecular weight is 252 g/mol. The van der Waals surface area contributed by atoms with E-state index < -0.39 is 0 Å². The molecule has 0 spiro atoms. The van der Waals surface area contributed by atoms with Gasteiger partial charge in [0.2, 0.25) is 0 Å². The molecular formula is C15H25FN2. The van der Waals surface area contributed by atoms with Crippen molar-refractivity contribution in [3.63, 3.8) is 0 Å². The maximum atomic E-state index is 13.9. The van der Waals surface area contributed by atoms with E-state index in [9.17, 15) is 4.39 Å². The van der Waals surface area contributed by atoms with Gasteiger partial charge in [-0.05, 0) is 32.9 Å². The zero-order chi connectivity index (χ0) is 13.7. The minimum Gasteiger partial charge on any atom is -0.326 e. The highest BCUT2D eigenvalue weighted by Gasteiger charge is 2.27. The van der Waals surface area contributed by atoms with E-state index in [1.54, 1.807) is 6.07 Å². The molecule has 0 aliphatic carbocycles. The molecule has 0 amide bonds. The minimum absolute atomic E-state index is 0.0731. The molecule has 2 nitrogen and oxygen atoms in total. The highest BCUT2D eigenvalue weighted by Crippen LogP contribution is 2.27. The number of halogens is 1. The Morgan fingerprint density at radius 3 is 2.22 bits per heavy atom. The fourth-order valence-electron chi connectivity index (χ4n) is 2.68. The van der Waals surface area contributed by atoms with E-state index in [0.717, 1.165) is 12.8 Å². The van der Waals surface area contributed by atoms with Crippen molar-refractivity contribution in [2.45, 2.75) is 51.7 Å². The molecule has 3 heteroatoms. The molecule has 2 atom stereocenters. The van der Waals surface area contributed by atoms with Gasteiger partial charge in [-0.3, -0.25) is 4.90 Å². The number of benzene rings is 1. The first-order chi connectivity index (χ1) is 8.52. The molecule has 2 N–H and O–H groups in total. The number of rotatable bonds is 6. The molecule has 1 rings (SSSR count). The average Bonchev–Trinajstić information content (AvgIpc) is 2.33. The Morgan fingerprint density at radius 1 is 1.22 bits per heavy atom. The van der Waals surface area contributed by atoms with E-state index in [2.05, 4.69) is 18.7 Å². The molecular weight excluding hydrogens is 227 g/mol. The third kappa shape index (κ3) is 3.30. The van der Waals surface area contributed by atoms with Crippen LogP contribution in [0.1, 0.15) is 45.2 Å². The van der Waals surface area contributed by atoms with Crippen LogP contribution in [0.4, 0.5) is 4.39 Å². The Kier molecular flexibility index (Phi) is 5.76. The Balaban J connectivity index is 3.07. The van der Waals surface area contributed by atoms with Crippen molar-refractivity contribution in [3.05, 3.63) is 35.6 Å². The van der Waals surface area contributed by atoms with Crippen molar-refractivity contribution in [2.75, 3.05) is 7.05 Å². The second kappa shape index (κ2) is 6.86. The third-order valence-corrected chi connectivity index (χ3v) is 3.68. The number of likely N-dealkylation sites (N-methyl/N-ethyl adjacent to an activating group) is 1. The maximum absolute atomic E-state index is 13.9. The predicted molar refractivity (Wildman–Crippen MR) is 74.9 cm³/mol. The summed E-state index contributed by atoms with van der Waals surface area (Å²) >= 11 is 0. The van der Waals surface area contributed by atoms with E-state index in [-0.39, 0.29) is 17.9 Å². The molecule has 2 unspecified atom stereocenters. The summed E-state index contributed by atoms with van der Waals surface area (Å²) in [6.45, 7) is 6.25. The van der Waals surface area contributed by atoms with E-state index in [1.807, 2.05) is 26.1 Å². The van der Waals surface area contributed by atoms with Crippen LogP contribution < -0.4 is 5.73 Å². The number of hydrogen-bond donors (Lipinski definition) is 1. The molecule has 0 aliphatic rings. The second-order valence-electron chi connectivity index (χ2n) is 4.96. The lowest BCUT2D eigenvalue weighted by Gasteiger charge is -2.37. The first-order valence-corrected chi connectivity index (χ1v) is 6.74. The number of hydrogen-bond acceptors (Lipinski definition) is 2. The Bertz CT molecular complexity index is 361. The van der Waals surface area contributed by atoms with E-state index in [1.165, 1.54) is 6.07 Å². The normalized spacial score (nSPS) is 15.1. The van der Waals surface area contributed by atoms with Gasteiger partial charge in [0.05, 0.1) is 6.04 Å². The Hall–Kier alpha value is -0.930. The van der Waals surface area contributed by atoms with Crippen molar-refractivity contribution >= 4 is 0 Å². The third-order valence-electron chi connectivity index (χ3n) is 3.68. The SMILES string of the molecule is CCC(CC)N(C)C(c1ccccc1F)C(C)N. The van der Waals surface area contributed by atoms with Crippen molar-refractivity contribution in [3.8, 4) is 0 Å². The van der Waals surface area contributed by atoms with Crippen molar-refractivity contribution in [2.24, 2.45) is 5.73 Å². The summed E-state index contributed by atoms with van der Waals surface area (Å²) in [4.78, 5) is 2.21.